The van der Waals surface area contributed by atoms with Crippen molar-refractivity contribution in [3.8, 4) is 0 Å². The molecule has 0 aliphatic rings. The molecule has 0 aliphatic heterocycles. The minimum absolute atomic E-state index is 0.153. The molecule has 0 unspecified atom stereocenters. The van der Waals surface area contributed by atoms with Gasteiger partial charge in [-0.2, -0.15) is 5.10 Å². The van der Waals surface area contributed by atoms with Gasteiger partial charge in [0.2, 0.25) is 0 Å². The molecule has 1 N–H and O–H groups in total. The first kappa shape index (κ1) is 11.9. The number of carbonyl (C=O) groups is 1. The molecule has 17 heavy (non-hydrogen) atoms. The van der Waals surface area contributed by atoms with Crippen LogP contribution >= 0.6 is 15.9 Å². The number of rotatable bonds is 3. The van der Waals surface area contributed by atoms with Crippen molar-refractivity contribution in [2.24, 2.45) is 0 Å². The highest BCUT2D eigenvalue weighted by Crippen LogP contribution is 2.21. The van der Waals surface area contributed by atoms with Gasteiger partial charge >= 0.3 is 5.97 Å². The van der Waals surface area contributed by atoms with E-state index in [0.29, 0.717) is 12.3 Å². The Kier molecular flexibility index (Phi) is 3.06. The Morgan fingerprint density at radius 3 is 2.76 bits per heavy atom. The lowest BCUT2D eigenvalue weighted by Crippen LogP contribution is -2.03. The third-order valence-corrected chi connectivity index (χ3v) is 3.65. The van der Waals surface area contributed by atoms with E-state index in [-0.39, 0.29) is 5.56 Å². The molecular weight excluding hydrogens is 288 g/mol. The first-order valence-electron chi connectivity index (χ1n) is 4.99. The Hall–Kier alpha value is -1.56. The zero-order chi connectivity index (χ0) is 12.6. The van der Waals surface area contributed by atoms with E-state index in [0.717, 1.165) is 15.9 Å². The van der Waals surface area contributed by atoms with Crippen LogP contribution in [0.5, 0.6) is 0 Å². The average Bonchev–Trinajstić information content (AvgIpc) is 2.82. The summed E-state index contributed by atoms with van der Waals surface area (Å²) in [5.41, 5.74) is 2.03. The van der Waals surface area contributed by atoms with Crippen molar-refractivity contribution >= 4 is 21.9 Å². The van der Waals surface area contributed by atoms with Crippen molar-refractivity contribution in [3.63, 3.8) is 0 Å². The third kappa shape index (κ3) is 2.26. The number of carboxylic acids is 1. The van der Waals surface area contributed by atoms with Crippen LogP contribution in [0.1, 0.15) is 27.5 Å². The molecule has 0 atom stereocenters. The molecule has 2 rings (SSSR count). The van der Waals surface area contributed by atoms with Gasteiger partial charge in [-0.25, -0.2) is 4.79 Å². The molecule has 0 aliphatic carbocycles. The fourth-order valence-electron chi connectivity index (χ4n) is 1.55. The maximum absolute atomic E-state index is 10.7. The first-order valence-corrected chi connectivity index (χ1v) is 5.78. The topological polar surface area (TPSA) is 68.3 Å². The summed E-state index contributed by atoms with van der Waals surface area (Å²) < 4.78 is 7.91. The average molecular weight is 299 g/mol. The fraction of sp³-hybridized carbons (Fsp3) is 0.273. The van der Waals surface area contributed by atoms with E-state index in [4.69, 9.17) is 9.52 Å². The zero-order valence-corrected chi connectivity index (χ0v) is 11.0. The van der Waals surface area contributed by atoms with Gasteiger partial charge < -0.3 is 9.52 Å². The summed E-state index contributed by atoms with van der Waals surface area (Å²) in [6, 6.07) is 1.51. The number of nitrogens with zero attached hydrogens (tertiary/aromatic N) is 2. The van der Waals surface area contributed by atoms with Crippen molar-refractivity contribution in [1.82, 2.24) is 9.78 Å². The molecule has 90 valence electrons. The number of aryl methyl sites for hydroxylation is 1. The van der Waals surface area contributed by atoms with Gasteiger partial charge in [0.1, 0.15) is 12.0 Å². The Morgan fingerprint density at radius 2 is 2.29 bits per heavy atom. The molecule has 0 amide bonds. The van der Waals surface area contributed by atoms with Crippen LogP contribution in [0.2, 0.25) is 0 Å². The summed E-state index contributed by atoms with van der Waals surface area (Å²) in [5, 5.41) is 13.1. The van der Waals surface area contributed by atoms with Crippen LogP contribution in [0.4, 0.5) is 0 Å². The van der Waals surface area contributed by atoms with Crippen LogP contribution in [-0.4, -0.2) is 20.9 Å². The predicted octanol–water partition coefficient (Wildman–Crippen LogP) is 2.60. The minimum atomic E-state index is -0.991. The maximum Gasteiger partial charge on any atom is 0.338 e. The minimum Gasteiger partial charge on any atom is -0.478 e. The largest absolute Gasteiger partial charge is 0.478 e. The van der Waals surface area contributed by atoms with Crippen molar-refractivity contribution in [2.75, 3.05) is 0 Å². The molecular formula is C11H11BrN2O3. The molecule has 2 aromatic heterocycles. The van der Waals surface area contributed by atoms with E-state index < -0.39 is 5.97 Å². The van der Waals surface area contributed by atoms with Gasteiger partial charge in [0.15, 0.2) is 0 Å². The lowest BCUT2D eigenvalue weighted by Gasteiger charge is -2.00. The number of halogens is 1. The Bertz CT molecular complexity index is 571. The van der Waals surface area contributed by atoms with Gasteiger partial charge in [-0.05, 0) is 35.8 Å². The first-order chi connectivity index (χ1) is 7.99. The van der Waals surface area contributed by atoms with Gasteiger partial charge in [-0.1, -0.05) is 0 Å². The van der Waals surface area contributed by atoms with Crippen LogP contribution < -0.4 is 0 Å². The van der Waals surface area contributed by atoms with Crippen LogP contribution in [0.3, 0.4) is 0 Å². The second-order valence-electron chi connectivity index (χ2n) is 3.75. The van der Waals surface area contributed by atoms with E-state index in [1.807, 2.05) is 13.8 Å². The summed E-state index contributed by atoms with van der Waals surface area (Å²) in [6.45, 7) is 4.26. The summed E-state index contributed by atoms with van der Waals surface area (Å²) in [4.78, 5) is 10.7. The molecule has 2 aromatic rings. The molecule has 2 heterocycles. The maximum atomic E-state index is 10.7. The summed E-state index contributed by atoms with van der Waals surface area (Å²) >= 11 is 3.43. The second-order valence-corrected chi connectivity index (χ2v) is 4.54. The smallest absolute Gasteiger partial charge is 0.338 e. The number of carboxylic acid groups (broad SMARTS) is 1. The SMILES string of the molecule is Cc1nn(Cc2cc(C(=O)O)co2)c(C)c1Br. The van der Waals surface area contributed by atoms with Crippen LogP contribution in [0.25, 0.3) is 0 Å². The molecule has 0 spiro atoms. The van der Waals surface area contributed by atoms with E-state index in [9.17, 15) is 4.79 Å². The molecule has 0 aromatic carbocycles. The predicted molar refractivity (Wildman–Crippen MR) is 64.2 cm³/mol. The van der Waals surface area contributed by atoms with Gasteiger partial charge in [-0.3, -0.25) is 4.68 Å². The van der Waals surface area contributed by atoms with Crippen molar-refractivity contribution in [2.45, 2.75) is 20.4 Å². The summed E-state index contributed by atoms with van der Waals surface area (Å²) in [5.74, 6) is -0.421. The number of aromatic carboxylic acids is 1. The van der Waals surface area contributed by atoms with Crippen LogP contribution in [0, 0.1) is 13.8 Å². The molecule has 0 radical (unpaired) electrons. The standard InChI is InChI=1S/C11H11BrN2O3/c1-6-10(12)7(2)14(13-6)4-9-3-8(5-17-9)11(15)16/h3,5H,4H2,1-2H3,(H,15,16). The number of hydrogen-bond donors (Lipinski definition) is 1. The monoisotopic (exact) mass is 298 g/mol. The highest BCUT2D eigenvalue weighted by molar-refractivity contribution is 9.10. The van der Waals surface area contributed by atoms with Gasteiger partial charge in [0, 0.05) is 0 Å². The molecule has 5 nitrogen and oxygen atoms in total. The molecule has 6 heteroatoms. The molecule has 0 saturated carbocycles. The van der Waals surface area contributed by atoms with E-state index >= 15 is 0 Å². The van der Waals surface area contributed by atoms with Gasteiger partial charge in [0.25, 0.3) is 0 Å². The van der Waals surface area contributed by atoms with Crippen LogP contribution in [-0.2, 0) is 6.54 Å². The van der Waals surface area contributed by atoms with Crippen LogP contribution in [0.15, 0.2) is 21.2 Å². The fourth-order valence-corrected chi connectivity index (χ4v) is 1.84. The number of furan rings is 1. The Balaban J connectivity index is 2.25. The molecule has 0 saturated heterocycles. The van der Waals surface area contributed by atoms with E-state index in [1.54, 1.807) is 4.68 Å². The molecule has 0 fully saturated rings. The Morgan fingerprint density at radius 1 is 1.59 bits per heavy atom. The highest BCUT2D eigenvalue weighted by Gasteiger charge is 2.12. The molecule has 0 bridgehead atoms. The summed E-state index contributed by atoms with van der Waals surface area (Å²) in [7, 11) is 0. The van der Waals surface area contributed by atoms with E-state index in [2.05, 4.69) is 21.0 Å². The zero-order valence-electron chi connectivity index (χ0n) is 9.40. The quantitative estimate of drug-likeness (QED) is 0.946. The second kappa shape index (κ2) is 4.37. The third-order valence-electron chi connectivity index (χ3n) is 2.50. The van der Waals surface area contributed by atoms with Crippen molar-refractivity contribution in [1.29, 1.82) is 0 Å². The van der Waals surface area contributed by atoms with E-state index in [1.165, 1.54) is 12.3 Å². The number of aromatic nitrogens is 2. The number of hydrogen-bond acceptors (Lipinski definition) is 3. The van der Waals surface area contributed by atoms with Gasteiger partial charge in [0.05, 0.1) is 28.0 Å². The van der Waals surface area contributed by atoms with Crippen molar-refractivity contribution < 1.29 is 14.3 Å². The lowest BCUT2D eigenvalue weighted by atomic mass is 10.3. The normalized spacial score (nSPS) is 10.8. The Labute approximate surface area is 106 Å². The van der Waals surface area contributed by atoms with Gasteiger partial charge in [-0.15, -0.1) is 0 Å². The highest BCUT2D eigenvalue weighted by atomic mass is 79.9. The summed E-state index contributed by atoms with van der Waals surface area (Å²) in [6.07, 6.45) is 1.23. The van der Waals surface area contributed by atoms with Crippen molar-refractivity contribution in [3.05, 3.63) is 39.5 Å². The lowest BCUT2D eigenvalue weighted by molar-refractivity contribution is 0.0696.